The number of anilines is 1. The highest BCUT2D eigenvalue weighted by Crippen LogP contribution is 2.17. The summed E-state index contributed by atoms with van der Waals surface area (Å²) in [5, 5.41) is 11.3. The van der Waals surface area contributed by atoms with Gasteiger partial charge >= 0.3 is 5.97 Å². The molecule has 1 aromatic carbocycles. The third kappa shape index (κ3) is 1.85. The number of carbonyl (C=O) groups excluding carboxylic acids is 1. The number of amides is 1. The number of aromatic nitrogens is 2. The molecule has 1 amide bonds. The predicted molar refractivity (Wildman–Crippen MR) is 57.4 cm³/mol. The minimum Gasteiger partial charge on any atom is -0.475 e. The molecule has 6 heteroatoms. The van der Waals surface area contributed by atoms with Gasteiger partial charge < -0.3 is 15.4 Å². The first-order chi connectivity index (χ1) is 7.56. The van der Waals surface area contributed by atoms with Crippen LogP contribution in [-0.2, 0) is 4.79 Å². The van der Waals surface area contributed by atoms with Crippen LogP contribution < -0.4 is 5.32 Å². The molecule has 0 bridgehead atoms. The Morgan fingerprint density at radius 3 is 2.81 bits per heavy atom. The van der Waals surface area contributed by atoms with Crippen molar-refractivity contribution in [2.75, 3.05) is 5.32 Å². The van der Waals surface area contributed by atoms with Crippen LogP contribution in [0.1, 0.15) is 17.5 Å². The number of carboxylic acids is 1. The van der Waals surface area contributed by atoms with Crippen LogP contribution in [0.15, 0.2) is 18.2 Å². The summed E-state index contributed by atoms with van der Waals surface area (Å²) >= 11 is 0. The van der Waals surface area contributed by atoms with Crippen molar-refractivity contribution >= 4 is 28.6 Å². The van der Waals surface area contributed by atoms with Gasteiger partial charge in [-0.1, -0.05) is 0 Å². The average Bonchev–Trinajstić information content (AvgIpc) is 2.59. The number of nitrogens with zero attached hydrogens (tertiary/aromatic N) is 1. The summed E-state index contributed by atoms with van der Waals surface area (Å²) in [7, 11) is 0. The molecule has 3 N–H and O–H groups in total. The van der Waals surface area contributed by atoms with Gasteiger partial charge in [0.05, 0.1) is 11.0 Å². The van der Waals surface area contributed by atoms with Crippen LogP contribution in [0.5, 0.6) is 0 Å². The molecule has 0 atom stereocenters. The number of hydrogen-bond acceptors (Lipinski definition) is 3. The van der Waals surface area contributed by atoms with Crippen molar-refractivity contribution in [3.63, 3.8) is 0 Å². The molecular weight excluding hydrogens is 210 g/mol. The van der Waals surface area contributed by atoms with E-state index in [0.717, 1.165) is 0 Å². The first-order valence-corrected chi connectivity index (χ1v) is 4.57. The van der Waals surface area contributed by atoms with Crippen LogP contribution in [0.2, 0.25) is 0 Å². The standard InChI is InChI=1S/C10H9N3O3/c1-5(14)11-6-2-3-7-8(4-6)13-9(12-7)10(15)16/h2-4H,1H3,(H,11,14)(H,12,13)(H,15,16). The van der Waals surface area contributed by atoms with Crippen LogP contribution in [0.4, 0.5) is 5.69 Å². The Labute approximate surface area is 90.3 Å². The number of imidazole rings is 1. The molecule has 1 heterocycles. The Balaban J connectivity index is 2.45. The van der Waals surface area contributed by atoms with Crippen LogP contribution in [0.3, 0.4) is 0 Å². The number of fused-ring (bicyclic) bond motifs is 1. The highest BCUT2D eigenvalue weighted by molar-refractivity contribution is 5.93. The van der Waals surface area contributed by atoms with E-state index in [1.54, 1.807) is 18.2 Å². The Morgan fingerprint density at radius 2 is 2.19 bits per heavy atom. The second-order valence-corrected chi connectivity index (χ2v) is 3.30. The molecule has 0 fully saturated rings. The molecule has 16 heavy (non-hydrogen) atoms. The van der Waals surface area contributed by atoms with Crippen molar-refractivity contribution in [1.82, 2.24) is 9.97 Å². The van der Waals surface area contributed by atoms with E-state index >= 15 is 0 Å². The monoisotopic (exact) mass is 219 g/mol. The largest absolute Gasteiger partial charge is 0.475 e. The van der Waals surface area contributed by atoms with E-state index in [-0.39, 0.29) is 11.7 Å². The zero-order chi connectivity index (χ0) is 11.7. The summed E-state index contributed by atoms with van der Waals surface area (Å²) in [6, 6.07) is 4.95. The normalized spacial score (nSPS) is 10.3. The van der Waals surface area contributed by atoms with Gasteiger partial charge in [0.2, 0.25) is 11.7 Å². The molecule has 0 saturated heterocycles. The van der Waals surface area contributed by atoms with Crippen molar-refractivity contribution in [3.05, 3.63) is 24.0 Å². The third-order valence-electron chi connectivity index (χ3n) is 2.01. The van der Waals surface area contributed by atoms with Crippen LogP contribution in [0, 0.1) is 0 Å². The third-order valence-corrected chi connectivity index (χ3v) is 2.01. The summed E-state index contributed by atoms with van der Waals surface area (Å²) in [4.78, 5) is 28.0. The summed E-state index contributed by atoms with van der Waals surface area (Å²) in [5.41, 5.74) is 1.71. The van der Waals surface area contributed by atoms with Gasteiger partial charge in [-0.2, -0.15) is 0 Å². The molecule has 0 radical (unpaired) electrons. The van der Waals surface area contributed by atoms with Gasteiger partial charge in [0, 0.05) is 12.6 Å². The Kier molecular flexibility index (Phi) is 2.32. The summed E-state index contributed by atoms with van der Waals surface area (Å²) in [5.74, 6) is -1.42. The number of aromatic amines is 1. The van der Waals surface area contributed by atoms with Gasteiger partial charge in [0.25, 0.3) is 0 Å². The van der Waals surface area contributed by atoms with E-state index < -0.39 is 5.97 Å². The molecule has 1 aromatic heterocycles. The second-order valence-electron chi connectivity index (χ2n) is 3.30. The van der Waals surface area contributed by atoms with Gasteiger partial charge in [-0.05, 0) is 18.2 Å². The van der Waals surface area contributed by atoms with E-state index in [4.69, 9.17) is 5.11 Å². The number of hydrogen-bond donors (Lipinski definition) is 3. The lowest BCUT2D eigenvalue weighted by molar-refractivity contribution is -0.114. The zero-order valence-corrected chi connectivity index (χ0v) is 8.44. The molecule has 82 valence electrons. The van der Waals surface area contributed by atoms with Gasteiger partial charge in [0.15, 0.2) is 0 Å². The molecule has 0 saturated carbocycles. The van der Waals surface area contributed by atoms with Gasteiger partial charge in [-0.25, -0.2) is 9.78 Å². The van der Waals surface area contributed by atoms with E-state index in [1.807, 2.05) is 0 Å². The lowest BCUT2D eigenvalue weighted by Crippen LogP contribution is -2.05. The quantitative estimate of drug-likeness (QED) is 0.707. The fourth-order valence-electron chi connectivity index (χ4n) is 1.39. The summed E-state index contributed by atoms with van der Waals surface area (Å²) in [6.07, 6.45) is 0. The van der Waals surface area contributed by atoms with E-state index in [2.05, 4.69) is 15.3 Å². The number of carboxylic acid groups (broad SMARTS) is 1. The number of aromatic carboxylic acids is 1. The predicted octanol–water partition coefficient (Wildman–Crippen LogP) is 1.22. The molecular formula is C10H9N3O3. The number of H-pyrrole nitrogens is 1. The fraction of sp³-hybridized carbons (Fsp3) is 0.100. The highest BCUT2D eigenvalue weighted by Gasteiger charge is 2.09. The lowest BCUT2D eigenvalue weighted by atomic mass is 10.3. The average molecular weight is 219 g/mol. The van der Waals surface area contributed by atoms with E-state index in [9.17, 15) is 9.59 Å². The topological polar surface area (TPSA) is 95.1 Å². The number of rotatable bonds is 2. The maximum atomic E-state index is 10.8. The Bertz CT molecular complexity index is 574. The number of carbonyl (C=O) groups is 2. The van der Waals surface area contributed by atoms with Gasteiger partial charge in [0.1, 0.15) is 0 Å². The lowest BCUT2D eigenvalue weighted by Gasteiger charge is -1.99. The van der Waals surface area contributed by atoms with Crippen LogP contribution in [0.25, 0.3) is 11.0 Å². The molecule has 0 unspecified atom stereocenters. The number of benzene rings is 1. The zero-order valence-electron chi connectivity index (χ0n) is 8.44. The van der Waals surface area contributed by atoms with Gasteiger partial charge in [-0.3, -0.25) is 4.79 Å². The minimum absolute atomic E-state index is 0.116. The first-order valence-electron chi connectivity index (χ1n) is 4.57. The van der Waals surface area contributed by atoms with Crippen LogP contribution in [-0.4, -0.2) is 27.0 Å². The molecule has 0 aliphatic rings. The fourth-order valence-corrected chi connectivity index (χ4v) is 1.39. The Morgan fingerprint density at radius 1 is 1.44 bits per heavy atom. The number of nitrogens with one attached hydrogen (secondary N) is 2. The summed E-state index contributed by atoms with van der Waals surface area (Å²) in [6.45, 7) is 1.40. The molecule has 6 nitrogen and oxygen atoms in total. The molecule has 2 aromatic rings. The maximum absolute atomic E-state index is 10.8. The van der Waals surface area contributed by atoms with Crippen molar-refractivity contribution in [1.29, 1.82) is 0 Å². The molecule has 2 rings (SSSR count). The molecule has 0 spiro atoms. The van der Waals surface area contributed by atoms with Crippen molar-refractivity contribution in [2.24, 2.45) is 0 Å². The van der Waals surface area contributed by atoms with E-state index in [1.165, 1.54) is 6.92 Å². The second kappa shape index (κ2) is 3.65. The van der Waals surface area contributed by atoms with Crippen molar-refractivity contribution < 1.29 is 14.7 Å². The SMILES string of the molecule is CC(=O)Nc1ccc2[nH]c(C(=O)O)nc2c1. The van der Waals surface area contributed by atoms with Gasteiger partial charge in [-0.15, -0.1) is 0 Å². The van der Waals surface area contributed by atoms with E-state index in [0.29, 0.717) is 16.7 Å². The Hall–Kier alpha value is -2.37. The van der Waals surface area contributed by atoms with Crippen molar-refractivity contribution in [2.45, 2.75) is 6.92 Å². The minimum atomic E-state index is -1.11. The smallest absolute Gasteiger partial charge is 0.371 e. The maximum Gasteiger partial charge on any atom is 0.371 e. The van der Waals surface area contributed by atoms with Crippen LogP contribution >= 0.6 is 0 Å². The highest BCUT2D eigenvalue weighted by atomic mass is 16.4. The first kappa shape index (κ1) is 10.2. The molecule has 0 aliphatic heterocycles. The van der Waals surface area contributed by atoms with Crippen molar-refractivity contribution in [3.8, 4) is 0 Å². The molecule has 0 aliphatic carbocycles. The summed E-state index contributed by atoms with van der Waals surface area (Å²) < 4.78 is 0.